The third kappa shape index (κ3) is 3.53. The Morgan fingerprint density at radius 2 is 1.96 bits per heavy atom. The first-order chi connectivity index (χ1) is 11.6. The zero-order valence-corrected chi connectivity index (χ0v) is 14.4. The summed E-state index contributed by atoms with van der Waals surface area (Å²) in [6.07, 6.45) is 1.54. The lowest BCUT2D eigenvalue weighted by Gasteiger charge is -2.24. The minimum Gasteiger partial charge on any atom is -0.375 e. The van der Waals surface area contributed by atoms with Crippen LogP contribution in [0.4, 0.5) is 5.69 Å². The van der Waals surface area contributed by atoms with Crippen molar-refractivity contribution in [2.75, 3.05) is 45.2 Å². The molecule has 0 unspecified atom stereocenters. The number of aryl methyl sites for hydroxylation is 1. The van der Waals surface area contributed by atoms with Crippen LogP contribution in [-0.2, 0) is 20.7 Å². The zero-order chi connectivity index (χ0) is 17.1. The van der Waals surface area contributed by atoms with Crippen LogP contribution in [-0.4, -0.2) is 67.6 Å². The van der Waals surface area contributed by atoms with Crippen LogP contribution >= 0.6 is 0 Å². The Kier molecular flexibility index (Phi) is 5.04. The molecule has 2 amide bonds. The second kappa shape index (κ2) is 7.21. The molecular weight excluding hydrogens is 306 g/mol. The molecule has 1 aromatic rings. The average Bonchev–Trinajstić information content (AvgIpc) is 2.82. The van der Waals surface area contributed by atoms with Gasteiger partial charge >= 0.3 is 0 Å². The van der Waals surface area contributed by atoms with Crippen LogP contribution < -0.4 is 5.32 Å². The molecule has 6 nitrogen and oxygen atoms in total. The zero-order valence-electron chi connectivity index (χ0n) is 14.4. The van der Waals surface area contributed by atoms with Gasteiger partial charge in [0.25, 0.3) is 0 Å². The summed E-state index contributed by atoms with van der Waals surface area (Å²) in [6.45, 7) is 4.71. The maximum atomic E-state index is 12.8. The van der Waals surface area contributed by atoms with Gasteiger partial charge in [-0.2, -0.15) is 0 Å². The second-order valence-electron chi connectivity index (χ2n) is 6.55. The number of rotatable bonds is 3. The maximum Gasteiger partial charge on any atom is 0.248 e. The molecule has 1 N–H and O–H groups in total. The van der Waals surface area contributed by atoms with Crippen molar-refractivity contribution in [1.82, 2.24) is 9.80 Å². The molecule has 1 fully saturated rings. The standard InChI is InChI=1S/C18H25N3O3/c1-13-4-5-15-14(10-13)11-16(19-15)18(23)21-7-3-6-20(8-9-21)17(22)12-24-2/h4-5,10,16,19H,3,6-9,11-12H2,1-2H3/t16-/m0/s1. The molecule has 2 aliphatic rings. The van der Waals surface area contributed by atoms with Crippen molar-refractivity contribution in [3.8, 4) is 0 Å². The Labute approximate surface area is 142 Å². The van der Waals surface area contributed by atoms with Crippen molar-refractivity contribution >= 4 is 17.5 Å². The van der Waals surface area contributed by atoms with Crippen molar-refractivity contribution in [3.63, 3.8) is 0 Å². The number of amides is 2. The molecule has 0 radical (unpaired) electrons. The molecule has 1 aromatic carbocycles. The van der Waals surface area contributed by atoms with E-state index in [1.807, 2.05) is 11.0 Å². The van der Waals surface area contributed by atoms with Crippen molar-refractivity contribution in [2.45, 2.75) is 25.8 Å². The van der Waals surface area contributed by atoms with Gasteiger partial charge in [-0.3, -0.25) is 9.59 Å². The number of carbonyl (C=O) groups excluding carboxylic acids is 2. The van der Waals surface area contributed by atoms with E-state index in [0.717, 1.165) is 18.5 Å². The smallest absolute Gasteiger partial charge is 0.248 e. The molecule has 3 rings (SSSR count). The van der Waals surface area contributed by atoms with E-state index >= 15 is 0 Å². The van der Waals surface area contributed by atoms with Gasteiger partial charge in [0.1, 0.15) is 12.6 Å². The molecule has 2 heterocycles. The van der Waals surface area contributed by atoms with Crippen LogP contribution in [0.2, 0.25) is 0 Å². The average molecular weight is 331 g/mol. The van der Waals surface area contributed by atoms with Crippen LogP contribution in [0.3, 0.4) is 0 Å². The van der Waals surface area contributed by atoms with E-state index in [-0.39, 0.29) is 24.5 Å². The third-order valence-electron chi connectivity index (χ3n) is 4.74. The summed E-state index contributed by atoms with van der Waals surface area (Å²) in [4.78, 5) is 28.5. The normalized spacial score (nSPS) is 20.3. The van der Waals surface area contributed by atoms with Gasteiger partial charge < -0.3 is 19.9 Å². The lowest BCUT2D eigenvalue weighted by molar-refractivity contribution is -0.136. The molecule has 1 saturated heterocycles. The van der Waals surface area contributed by atoms with E-state index in [2.05, 4.69) is 24.4 Å². The fraction of sp³-hybridized carbons (Fsp3) is 0.556. The van der Waals surface area contributed by atoms with Crippen LogP contribution in [0.15, 0.2) is 18.2 Å². The van der Waals surface area contributed by atoms with Gasteiger partial charge in [0.15, 0.2) is 0 Å². The monoisotopic (exact) mass is 331 g/mol. The highest BCUT2D eigenvalue weighted by Gasteiger charge is 2.31. The Bertz CT molecular complexity index is 632. The van der Waals surface area contributed by atoms with E-state index in [1.165, 1.54) is 18.2 Å². The number of hydrogen-bond donors (Lipinski definition) is 1. The summed E-state index contributed by atoms with van der Waals surface area (Å²) >= 11 is 0. The molecular formula is C18H25N3O3. The quantitative estimate of drug-likeness (QED) is 0.899. The lowest BCUT2D eigenvalue weighted by Crippen LogP contribution is -2.44. The van der Waals surface area contributed by atoms with Crippen LogP contribution in [0, 0.1) is 6.92 Å². The van der Waals surface area contributed by atoms with Crippen LogP contribution in [0.1, 0.15) is 17.5 Å². The van der Waals surface area contributed by atoms with Crippen molar-refractivity contribution in [2.24, 2.45) is 0 Å². The van der Waals surface area contributed by atoms with E-state index in [4.69, 9.17) is 4.74 Å². The number of carbonyl (C=O) groups is 2. The lowest BCUT2D eigenvalue weighted by atomic mass is 10.1. The van der Waals surface area contributed by atoms with Gasteiger partial charge in [0.05, 0.1) is 0 Å². The number of hydrogen-bond acceptors (Lipinski definition) is 4. The van der Waals surface area contributed by atoms with Crippen LogP contribution in [0.5, 0.6) is 0 Å². The first-order valence-corrected chi connectivity index (χ1v) is 8.50. The molecule has 0 aromatic heterocycles. The van der Waals surface area contributed by atoms with E-state index in [0.29, 0.717) is 26.2 Å². The van der Waals surface area contributed by atoms with E-state index in [9.17, 15) is 9.59 Å². The SMILES string of the molecule is COCC(=O)N1CCCN(C(=O)[C@@H]2Cc3cc(C)ccc3N2)CC1. The molecule has 0 saturated carbocycles. The highest BCUT2D eigenvalue weighted by molar-refractivity contribution is 5.87. The third-order valence-corrected chi connectivity index (χ3v) is 4.74. The van der Waals surface area contributed by atoms with E-state index in [1.54, 1.807) is 4.90 Å². The van der Waals surface area contributed by atoms with Gasteiger partial charge in [-0.15, -0.1) is 0 Å². The fourth-order valence-corrected chi connectivity index (χ4v) is 3.46. The maximum absolute atomic E-state index is 12.8. The topological polar surface area (TPSA) is 61.9 Å². The number of benzene rings is 1. The number of methoxy groups -OCH3 is 1. The number of fused-ring (bicyclic) bond motifs is 1. The molecule has 24 heavy (non-hydrogen) atoms. The first-order valence-electron chi connectivity index (χ1n) is 8.50. The first kappa shape index (κ1) is 16.8. The van der Waals surface area contributed by atoms with Gasteiger partial charge in [-0.05, 0) is 25.0 Å². The minimum atomic E-state index is -0.192. The summed E-state index contributed by atoms with van der Waals surface area (Å²) in [5.41, 5.74) is 3.48. The Hall–Kier alpha value is -2.08. The molecule has 1 atom stereocenters. The predicted octanol–water partition coefficient (Wildman–Crippen LogP) is 1.04. The van der Waals surface area contributed by atoms with Crippen molar-refractivity contribution in [1.29, 1.82) is 0 Å². The summed E-state index contributed by atoms with van der Waals surface area (Å²) in [7, 11) is 1.52. The van der Waals surface area contributed by atoms with Crippen molar-refractivity contribution in [3.05, 3.63) is 29.3 Å². The number of anilines is 1. The highest BCUT2D eigenvalue weighted by atomic mass is 16.5. The van der Waals surface area contributed by atoms with Gasteiger partial charge in [-0.25, -0.2) is 0 Å². The summed E-state index contributed by atoms with van der Waals surface area (Å²) in [5, 5.41) is 3.34. The summed E-state index contributed by atoms with van der Waals surface area (Å²) in [6, 6.07) is 6.06. The Balaban J connectivity index is 1.59. The predicted molar refractivity (Wildman–Crippen MR) is 91.9 cm³/mol. The largest absolute Gasteiger partial charge is 0.375 e. The highest BCUT2D eigenvalue weighted by Crippen LogP contribution is 2.27. The molecule has 0 aliphatic carbocycles. The van der Waals surface area contributed by atoms with E-state index < -0.39 is 0 Å². The molecule has 6 heteroatoms. The van der Waals surface area contributed by atoms with Crippen molar-refractivity contribution < 1.29 is 14.3 Å². The molecule has 0 spiro atoms. The Morgan fingerprint density at radius 1 is 1.21 bits per heavy atom. The Morgan fingerprint density at radius 3 is 2.75 bits per heavy atom. The summed E-state index contributed by atoms with van der Waals surface area (Å²) < 4.78 is 4.92. The number of ether oxygens (including phenoxy) is 1. The number of nitrogens with zero attached hydrogens (tertiary/aromatic N) is 2. The van der Waals surface area contributed by atoms with Crippen LogP contribution in [0.25, 0.3) is 0 Å². The fourth-order valence-electron chi connectivity index (χ4n) is 3.46. The molecule has 2 aliphatic heterocycles. The van der Waals surface area contributed by atoms with Gasteiger partial charge in [0.2, 0.25) is 11.8 Å². The molecule has 130 valence electrons. The second-order valence-corrected chi connectivity index (χ2v) is 6.55. The molecule has 0 bridgehead atoms. The summed E-state index contributed by atoms with van der Waals surface area (Å²) in [5.74, 6) is 0.124. The number of nitrogens with one attached hydrogen (secondary N) is 1. The van der Waals surface area contributed by atoms with Gasteiger partial charge in [-0.1, -0.05) is 17.7 Å². The van der Waals surface area contributed by atoms with Gasteiger partial charge in [0, 0.05) is 45.4 Å². The minimum absolute atomic E-state index is 0.00586.